The lowest BCUT2D eigenvalue weighted by atomic mass is 9.76. The minimum absolute atomic E-state index is 0.676. The van der Waals surface area contributed by atoms with Crippen molar-refractivity contribution in [3.05, 3.63) is 34.9 Å². The lowest BCUT2D eigenvalue weighted by Crippen LogP contribution is -2.48. The van der Waals surface area contributed by atoms with E-state index in [4.69, 9.17) is 11.6 Å². The number of nitrogens with one attached hydrogen (secondary N) is 1. The van der Waals surface area contributed by atoms with E-state index in [2.05, 4.69) is 35.3 Å². The van der Waals surface area contributed by atoms with Gasteiger partial charge in [0.2, 0.25) is 0 Å². The first-order chi connectivity index (χ1) is 10.2. The summed E-state index contributed by atoms with van der Waals surface area (Å²) in [5.74, 6) is 0.700. The maximum atomic E-state index is 6.07. The Bertz CT molecular complexity index is 450. The summed E-state index contributed by atoms with van der Waals surface area (Å²) in [6.07, 6.45) is 6.69. The molecule has 1 saturated heterocycles. The van der Waals surface area contributed by atoms with E-state index in [1.807, 2.05) is 6.07 Å². The number of rotatable bonds is 5. The zero-order valence-corrected chi connectivity index (χ0v) is 13.8. The molecule has 1 aliphatic heterocycles. The second-order valence-corrected chi connectivity index (χ2v) is 7.21. The van der Waals surface area contributed by atoms with Crippen LogP contribution in [-0.4, -0.2) is 36.6 Å². The maximum Gasteiger partial charge on any atom is 0.0408 e. The molecule has 1 heterocycles. The van der Waals surface area contributed by atoms with E-state index in [9.17, 15) is 0 Å². The molecule has 0 amide bonds. The Hall–Kier alpha value is -0.570. The van der Waals surface area contributed by atoms with Gasteiger partial charge in [-0.15, -0.1) is 0 Å². The van der Waals surface area contributed by atoms with Crippen molar-refractivity contribution in [3.8, 4) is 0 Å². The van der Waals surface area contributed by atoms with Crippen molar-refractivity contribution in [1.82, 2.24) is 10.2 Å². The van der Waals surface area contributed by atoms with Crippen LogP contribution in [-0.2, 0) is 0 Å². The Kier molecular flexibility index (Phi) is 5.20. The van der Waals surface area contributed by atoms with Gasteiger partial charge in [0, 0.05) is 23.7 Å². The Morgan fingerprint density at radius 3 is 2.71 bits per heavy atom. The molecule has 1 N–H and O–H groups in total. The SMILES string of the molecule is CC(CNC1CC(c2cccc(Cl)c2)C1)N1CCCCC1. The summed E-state index contributed by atoms with van der Waals surface area (Å²) in [6, 6.07) is 9.73. The van der Waals surface area contributed by atoms with E-state index in [0.29, 0.717) is 18.0 Å². The highest BCUT2D eigenvalue weighted by atomic mass is 35.5. The molecule has 1 aromatic rings. The van der Waals surface area contributed by atoms with Gasteiger partial charge in [0.15, 0.2) is 0 Å². The summed E-state index contributed by atoms with van der Waals surface area (Å²) in [5, 5.41) is 4.62. The molecule has 2 fully saturated rings. The highest BCUT2D eigenvalue weighted by molar-refractivity contribution is 6.30. The Labute approximate surface area is 133 Å². The van der Waals surface area contributed by atoms with Crippen molar-refractivity contribution in [3.63, 3.8) is 0 Å². The van der Waals surface area contributed by atoms with Crippen molar-refractivity contribution < 1.29 is 0 Å². The van der Waals surface area contributed by atoms with Crippen molar-refractivity contribution in [2.45, 2.75) is 57.0 Å². The van der Waals surface area contributed by atoms with Crippen LogP contribution in [0.15, 0.2) is 24.3 Å². The molecule has 0 bridgehead atoms. The molecule has 2 aliphatic rings. The lowest BCUT2D eigenvalue weighted by Gasteiger charge is -2.39. The average molecular weight is 307 g/mol. The zero-order valence-electron chi connectivity index (χ0n) is 13.0. The number of halogens is 1. The van der Waals surface area contributed by atoms with E-state index in [-0.39, 0.29) is 0 Å². The summed E-state index contributed by atoms with van der Waals surface area (Å²) in [4.78, 5) is 2.64. The van der Waals surface area contributed by atoms with Crippen LogP contribution < -0.4 is 5.32 Å². The lowest BCUT2D eigenvalue weighted by molar-refractivity contribution is 0.160. The molecule has 1 atom stereocenters. The summed E-state index contributed by atoms with van der Waals surface area (Å²) >= 11 is 6.07. The normalized spacial score (nSPS) is 28.1. The number of nitrogens with zero attached hydrogens (tertiary/aromatic N) is 1. The third kappa shape index (κ3) is 4.00. The highest BCUT2D eigenvalue weighted by Crippen LogP contribution is 2.37. The molecule has 1 aromatic carbocycles. The van der Waals surface area contributed by atoms with Crippen LogP contribution in [0.3, 0.4) is 0 Å². The third-order valence-corrected chi connectivity index (χ3v) is 5.41. The average Bonchev–Trinajstić information content (AvgIpc) is 2.46. The number of benzene rings is 1. The van der Waals surface area contributed by atoms with Crippen molar-refractivity contribution >= 4 is 11.6 Å². The molecule has 0 spiro atoms. The van der Waals surface area contributed by atoms with Gasteiger partial charge in [-0.3, -0.25) is 4.90 Å². The summed E-state index contributed by atoms with van der Waals surface area (Å²) < 4.78 is 0. The van der Waals surface area contributed by atoms with Gasteiger partial charge in [-0.1, -0.05) is 30.2 Å². The molecule has 1 aliphatic carbocycles. The minimum atomic E-state index is 0.676. The predicted molar refractivity (Wildman–Crippen MR) is 90.1 cm³/mol. The number of hydrogen-bond donors (Lipinski definition) is 1. The van der Waals surface area contributed by atoms with Crippen LogP contribution in [0.1, 0.15) is 50.5 Å². The second kappa shape index (κ2) is 7.13. The van der Waals surface area contributed by atoms with E-state index in [0.717, 1.165) is 11.6 Å². The van der Waals surface area contributed by atoms with Gasteiger partial charge in [-0.25, -0.2) is 0 Å². The van der Waals surface area contributed by atoms with Gasteiger partial charge in [0.25, 0.3) is 0 Å². The largest absolute Gasteiger partial charge is 0.312 e. The topological polar surface area (TPSA) is 15.3 Å². The van der Waals surface area contributed by atoms with Crippen molar-refractivity contribution in [2.24, 2.45) is 0 Å². The number of likely N-dealkylation sites (tertiary alicyclic amines) is 1. The van der Waals surface area contributed by atoms with Gasteiger partial charge in [-0.05, 0) is 69.3 Å². The van der Waals surface area contributed by atoms with E-state index < -0.39 is 0 Å². The standard InChI is InChI=1S/C18H27ClN2/c1-14(21-8-3-2-4-9-21)13-20-18-11-16(12-18)15-6-5-7-17(19)10-15/h5-7,10,14,16,18,20H,2-4,8-9,11-13H2,1H3. The van der Waals surface area contributed by atoms with Crippen LogP contribution in [0.5, 0.6) is 0 Å². The van der Waals surface area contributed by atoms with Gasteiger partial charge < -0.3 is 5.32 Å². The Morgan fingerprint density at radius 1 is 1.24 bits per heavy atom. The first-order valence-corrected chi connectivity index (χ1v) is 8.83. The molecule has 1 saturated carbocycles. The van der Waals surface area contributed by atoms with Crippen LogP contribution in [0.25, 0.3) is 0 Å². The van der Waals surface area contributed by atoms with E-state index >= 15 is 0 Å². The Morgan fingerprint density at radius 2 is 2.00 bits per heavy atom. The molecular weight excluding hydrogens is 280 g/mol. The molecule has 0 radical (unpaired) electrons. The quantitative estimate of drug-likeness (QED) is 0.883. The first-order valence-electron chi connectivity index (χ1n) is 8.45. The predicted octanol–water partition coefficient (Wildman–Crippen LogP) is 4.05. The fraction of sp³-hybridized carbons (Fsp3) is 0.667. The fourth-order valence-corrected chi connectivity index (χ4v) is 3.84. The first kappa shape index (κ1) is 15.3. The highest BCUT2D eigenvalue weighted by Gasteiger charge is 2.30. The van der Waals surface area contributed by atoms with Gasteiger partial charge in [0.1, 0.15) is 0 Å². The van der Waals surface area contributed by atoms with Gasteiger partial charge in [-0.2, -0.15) is 0 Å². The summed E-state index contributed by atoms with van der Waals surface area (Å²) in [6.45, 7) is 6.08. The molecule has 1 unspecified atom stereocenters. The molecule has 2 nitrogen and oxygen atoms in total. The van der Waals surface area contributed by atoms with Crippen LogP contribution in [0, 0.1) is 0 Å². The molecule has 3 heteroatoms. The third-order valence-electron chi connectivity index (χ3n) is 5.17. The number of piperidine rings is 1. The molecule has 0 aromatic heterocycles. The van der Waals surface area contributed by atoms with Crippen LogP contribution >= 0.6 is 11.6 Å². The van der Waals surface area contributed by atoms with Gasteiger partial charge in [0.05, 0.1) is 0 Å². The molecule has 21 heavy (non-hydrogen) atoms. The van der Waals surface area contributed by atoms with Crippen LogP contribution in [0.4, 0.5) is 0 Å². The minimum Gasteiger partial charge on any atom is -0.312 e. The van der Waals surface area contributed by atoms with Crippen molar-refractivity contribution in [1.29, 1.82) is 0 Å². The zero-order chi connectivity index (χ0) is 14.7. The Balaban J connectivity index is 1.39. The fourth-order valence-electron chi connectivity index (χ4n) is 3.64. The molecular formula is C18H27ClN2. The second-order valence-electron chi connectivity index (χ2n) is 6.77. The summed E-state index contributed by atoms with van der Waals surface area (Å²) in [5.41, 5.74) is 1.41. The smallest absolute Gasteiger partial charge is 0.0408 e. The van der Waals surface area contributed by atoms with Gasteiger partial charge >= 0.3 is 0 Å². The maximum absolute atomic E-state index is 6.07. The van der Waals surface area contributed by atoms with E-state index in [1.54, 1.807) is 0 Å². The van der Waals surface area contributed by atoms with Crippen LogP contribution in [0.2, 0.25) is 5.02 Å². The molecule has 3 rings (SSSR count). The summed E-state index contributed by atoms with van der Waals surface area (Å²) in [7, 11) is 0. The van der Waals surface area contributed by atoms with Crippen molar-refractivity contribution in [2.75, 3.05) is 19.6 Å². The van der Waals surface area contributed by atoms with E-state index in [1.165, 1.54) is 50.8 Å². The molecule has 116 valence electrons. The number of hydrogen-bond acceptors (Lipinski definition) is 2. The monoisotopic (exact) mass is 306 g/mol.